The fourth-order valence-corrected chi connectivity index (χ4v) is 3.45. The molecule has 1 N–H and O–H groups in total. The second kappa shape index (κ2) is 9.70. The summed E-state index contributed by atoms with van der Waals surface area (Å²) in [4.78, 5) is 11.4. The van der Waals surface area contributed by atoms with Gasteiger partial charge < -0.3 is 15.0 Å². The minimum atomic E-state index is 0.461. The van der Waals surface area contributed by atoms with Crippen LogP contribution in [0.3, 0.4) is 0 Å². The molecule has 1 aromatic carbocycles. The van der Waals surface area contributed by atoms with E-state index in [0.29, 0.717) is 12.5 Å². The Morgan fingerprint density at radius 3 is 2.56 bits per heavy atom. The molecule has 5 heteroatoms. The van der Waals surface area contributed by atoms with Gasteiger partial charge in [-0.3, -0.25) is 0 Å². The molecule has 27 heavy (non-hydrogen) atoms. The molecular weight excluding hydrogens is 336 g/mol. The molecule has 0 atom stereocenters. The highest BCUT2D eigenvalue weighted by Crippen LogP contribution is 2.41. The van der Waals surface area contributed by atoms with Crippen molar-refractivity contribution in [1.82, 2.24) is 15.3 Å². The predicted octanol–water partition coefficient (Wildman–Crippen LogP) is 4.28. The number of ether oxygens (including phenoxy) is 1. The Labute approximate surface area is 163 Å². The molecule has 0 spiro atoms. The van der Waals surface area contributed by atoms with Crippen molar-refractivity contribution in [2.45, 2.75) is 46.6 Å². The summed E-state index contributed by atoms with van der Waals surface area (Å²) in [5, 5.41) is 3.55. The van der Waals surface area contributed by atoms with Crippen molar-refractivity contribution >= 4 is 5.69 Å². The molecule has 1 aliphatic heterocycles. The van der Waals surface area contributed by atoms with Crippen LogP contribution in [0.2, 0.25) is 0 Å². The van der Waals surface area contributed by atoms with Crippen LogP contribution in [-0.2, 0) is 6.54 Å². The highest BCUT2D eigenvalue weighted by atomic mass is 16.5. The van der Waals surface area contributed by atoms with E-state index < -0.39 is 0 Å². The minimum absolute atomic E-state index is 0.461. The monoisotopic (exact) mass is 368 g/mol. The third-order valence-electron chi connectivity index (χ3n) is 4.75. The standard InChI is InChI=1S/C22H32N4O/c1-4-10-23-15-18-8-9-19(22-24-11-7-12-25-22)21(27-16-17(2)3)20(18)26-13-5-6-14-26/h7-9,11-12,17,23H,4-6,10,13-16H2,1-3H3. The van der Waals surface area contributed by atoms with Crippen molar-refractivity contribution < 1.29 is 4.74 Å². The maximum atomic E-state index is 6.39. The van der Waals surface area contributed by atoms with Gasteiger partial charge in [-0.15, -0.1) is 0 Å². The Morgan fingerprint density at radius 2 is 1.89 bits per heavy atom. The summed E-state index contributed by atoms with van der Waals surface area (Å²) >= 11 is 0. The van der Waals surface area contributed by atoms with E-state index >= 15 is 0 Å². The van der Waals surface area contributed by atoms with Gasteiger partial charge in [0.2, 0.25) is 0 Å². The maximum Gasteiger partial charge on any atom is 0.162 e. The van der Waals surface area contributed by atoms with Gasteiger partial charge in [-0.1, -0.05) is 26.8 Å². The normalized spacial score (nSPS) is 14.1. The van der Waals surface area contributed by atoms with E-state index in [1.165, 1.54) is 24.1 Å². The van der Waals surface area contributed by atoms with Gasteiger partial charge in [-0.2, -0.15) is 0 Å². The second-order valence-electron chi connectivity index (χ2n) is 7.60. The van der Waals surface area contributed by atoms with Crippen LogP contribution in [0, 0.1) is 5.92 Å². The summed E-state index contributed by atoms with van der Waals surface area (Å²) in [5.74, 6) is 2.13. The summed E-state index contributed by atoms with van der Waals surface area (Å²) in [6, 6.07) is 6.18. The number of hydrogen-bond acceptors (Lipinski definition) is 5. The molecule has 0 bridgehead atoms. The molecule has 1 aromatic heterocycles. The van der Waals surface area contributed by atoms with E-state index in [1.54, 1.807) is 12.4 Å². The molecule has 2 heterocycles. The van der Waals surface area contributed by atoms with Gasteiger partial charge >= 0.3 is 0 Å². The van der Waals surface area contributed by atoms with Gasteiger partial charge in [0.25, 0.3) is 0 Å². The minimum Gasteiger partial charge on any atom is -0.490 e. The summed E-state index contributed by atoms with van der Waals surface area (Å²) < 4.78 is 6.39. The van der Waals surface area contributed by atoms with Crippen LogP contribution in [0.15, 0.2) is 30.6 Å². The maximum absolute atomic E-state index is 6.39. The number of benzene rings is 1. The van der Waals surface area contributed by atoms with Gasteiger partial charge in [0.1, 0.15) is 0 Å². The Bertz CT molecular complexity index is 712. The number of rotatable bonds is 9. The molecule has 1 saturated heterocycles. The van der Waals surface area contributed by atoms with Gasteiger partial charge in [-0.05, 0) is 49.4 Å². The van der Waals surface area contributed by atoms with Crippen molar-refractivity contribution in [1.29, 1.82) is 0 Å². The van der Waals surface area contributed by atoms with E-state index in [-0.39, 0.29) is 0 Å². The van der Waals surface area contributed by atoms with E-state index in [9.17, 15) is 0 Å². The Hall–Kier alpha value is -2.14. The molecular formula is C22H32N4O. The van der Waals surface area contributed by atoms with Crippen molar-refractivity contribution in [3.63, 3.8) is 0 Å². The Balaban J connectivity index is 2.06. The van der Waals surface area contributed by atoms with Crippen molar-refractivity contribution in [2.75, 3.05) is 31.1 Å². The molecule has 3 rings (SSSR count). The first kappa shape index (κ1) is 19.6. The number of hydrogen-bond donors (Lipinski definition) is 1. The van der Waals surface area contributed by atoms with E-state index in [1.807, 2.05) is 6.07 Å². The number of nitrogens with one attached hydrogen (secondary N) is 1. The third-order valence-corrected chi connectivity index (χ3v) is 4.75. The van der Waals surface area contributed by atoms with Crippen LogP contribution in [0.1, 0.15) is 45.6 Å². The molecule has 0 unspecified atom stereocenters. The Kier molecular flexibility index (Phi) is 7.04. The molecule has 0 aliphatic carbocycles. The van der Waals surface area contributed by atoms with Crippen LogP contribution < -0.4 is 15.0 Å². The summed E-state index contributed by atoms with van der Waals surface area (Å²) in [7, 11) is 0. The molecule has 1 aliphatic rings. The number of anilines is 1. The third kappa shape index (κ3) is 4.98. The van der Waals surface area contributed by atoms with Crippen LogP contribution in [-0.4, -0.2) is 36.2 Å². The van der Waals surface area contributed by atoms with Gasteiger partial charge in [0.15, 0.2) is 11.6 Å². The van der Waals surface area contributed by atoms with E-state index in [2.05, 4.69) is 53.1 Å². The quantitative estimate of drug-likeness (QED) is 0.670. The van der Waals surface area contributed by atoms with E-state index in [0.717, 1.165) is 49.7 Å². The Morgan fingerprint density at radius 1 is 1.15 bits per heavy atom. The van der Waals surface area contributed by atoms with Crippen LogP contribution >= 0.6 is 0 Å². The first-order valence-corrected chi connectivity index (χ1v) is 10.2. The molecule has 2 aromatic rings. The van der Waals surface area contributed by atoms with Crippen molar-refractivity contribution in [3.8, 4) is 17.1 Å². The highest BCUT2D eigenvalue weighted by Gasteiger charge is 2.24. The molecule has 5 nitrogen and oxygen atoms in total. The van der Waals surface area contributed by atoms with Crippen LogP contribution in [0.25, 0.3) is 11.4 Å². The lowest BCUT2D eigenvalue weighted by Gasteiger charge is -2.27. The fourth-order valence-electron chi connectivity index (χ4n) is 3.45. The lowest BCUT2D eigenvalue weighted by molar-refractivity contribution is 0.272. The SMILES string of the molecule is CCCNCc1ccc(-c2ncccn2)c(OCC(C)C)c1N1CCCC1. The lowest BCUT2D eigenvalue weighted by atomic mass is 10.0. The molecule has 1 fully saturated rings. The number of nitrogens with zero attached hydrogens (tertiary/aromatic N) is 3. The van der Waals surface area contributed by atoms with Gasteiger partial charge in [-0.25, -0.2) is 9.97 Å². The molecule has 0 amide bonds. The zero-order chi connectivity index (χ0) is 19.1. The lowest BCUT2D eigenvalue weighted by Crippen LogP contribution is -2.24. The summed E-state index contributed by atoms with van der Waals surface area (Å²) in [5.41, 5.74) is 3.50. The largest absolute Gasteiger partial charge is 0.490 e. The average Bonchev–Trinajstić information content (AvgIpc) is 3.21. The van der Waals surface area contributed by atoms with Gasteiger partial charge in [0.05, 0.1) is 17.9 Å². The van der Waals surface area contributed by atoms with Gasteiger partial charge in [0, 0.05) is 32.0 Å². The summed E-state index contributed by atoms with van der Waals surface area (Å²) in [6.07, 6.45) is 7.18. The van der Waals surface area contributed by atoms with Crippen LogP contribution in [0.5, 0.6) is 5.75 Å². The average molecular weight is 369 g/mol. The number of aromatic nitrogens is 2. The zero-order valence-electron chi connectivity index (χ0n) is 16.9. The predicted molar refractivity (Wildman–Crippen MR) is 111 cm³/mol. The molecule has 0 radical (unpaired) electrons. The zero-order valence-corrected chi connectivity index (χ0v) is 16.9. The first-order chi connectivity index (χ1) is 13.2. The van der Waals surface area contributed by atoms with E-state index in [4.69, 9.17) is 4.74 Å². The topological polar surface area (TPSA) is 50.3 Å². The first-order valence-electron chi connectivity index (χ1n) is 10.2. The molecule has 146 valence electrons. The van der Waals surface area contributed by atoms with Crippen molar-refractivity contribution in [2.24, 2.45) is 5.92 Å². The molecule has 0 saturated carbocycles. The van der Waals surface area contributed by atoms with Crippen LogP contribution in [0.4, 0.5) is 5.69 Å². The van der Waals surface area contributed by atoms with Crippen molar-refractivity contribution in [3.05, 3.63) is 36.2 Å². The second-order valence-corrected chi connectivity index (χ2v) is 7.60. The summed E-state index contributed by atoms with van der Waals surface area (Å²) in [6.45, 7) is 11.3. The smallest absolute Gasteiger partial charge is 0.162 e. The highest BCUT2D eigenvalue weighted by molar-refractivity contribution is 5.78. The fraction of sp³-hybridized carbons (Fsp3) is 0.545.